The Labute approximate surface area is 146 Å². The first-order chi connectivity index (χ1) is 11.3. The molecule has 0 aliphatic carbocycles. The van der Waals surface area contributed by atoms with E-state index in [1.54, 1.807) is 35.6 Å². The lowest BCUT2D eigenvalue weighted by molar-refractivity contribution is -0.119. The topological polar surface area (TPSA) is 70.2 Å². The van der Waals surface area contributed by atoms with E-state index in [4.69, 9.17) is 0 Å². The van der Waals surface area contributed by atoms with Crippen molar-refractivity contribution < 1.29 is 9.59 Å². The van der Waals surface area contributed by atoms with Gasteiger partial charge < -0.3 is 16.0 Å². The van der Waals surface area contributed by atoms with Crippen LogP contribution >= 0.6 is 11.3 Å². The average Bonchev–Trinajstić information content (AvgIpc) is 3.03. The van der Waals surface area contributed by atoms with Crippen molar-refractivity contribution in [2.75, 3.05) is 11.9 Å². The summed E-state index contributed by atoms with van der Waals surface area (Å²) in [4.78, 5) is 25.0. The van der Waals surface area contributed by atoms with E-state index < -0.39 is 0 Å². The van der Waals surface area contributed by atoms with Gasteiger partial charge in [0.2, 0.25) is 5.91 Å². The fraction of sp³-hybridized carbons (Fsp3) is 0.333. The maximum absolute atomic E-state index is 12.0. The van der Waals surface area contributed by atoms with Crippen molar-refractivity contribution >= 4 is 28.8 Å². The molecule has 0 radical (unpaired) electrons. The molecule has 2 rings (SSSR count). The average molecular weight is 345 g/mol. The largest absolute Gasteiger partial charge is 0.376 e. The second-order valence-electron chi connectivity index (χ2n) is 6.49. The number of nitrogens with one attached hydrogen (secondary N) is 3. The maximum atomic E-state index is 12.0. The highest BCUT2D eigenvalue weighted by atomic mass is 32.1. The maximum Gasteiger partial charge on any atom is 0.251 e. The Morgan fingerprint density at radius 1 is 1.08 bits per heavy atom. The fourth-order valence-corrected chi connectivity index (χ4v) is 2.64. The van der Waals surface area contributed by atoms with Crippen LogP contribution in [0.15, 0.2) is 41.8 Å². The molecule has 2 amide bonds. The molecular formula is C18H23N3O2S. The van der Waals surface area contributed by atoms with Crippen molar-refractivity contribution in [3.05, 3.63) is 52.2 Å². The van der Waals surface area contributed by atoms with Crippen LogP contribution in [0.4, 0.5) is 5.69 Å². The first-order valence-corrected chi connectivity index (χ1v) is 8.67. The van der Waals surface area contributed by atoms with Crippen molar-refractivity contribution in [3.63, 3.8) is 0 Å². The van der Waals surface area contributed by atoms with Gasteiger partial charge in [0.25, 0.3) is 5.91 Å². The Morgan fingerprint density at radius 2 is 1.79 bits per heavy atom. The Morgan fingerprint density at radius 3 is 2.38 bits per heavy atom. The molecule has 24 heavy (non-hydrogen) atoms. The van der Waals surface area contributed by atoms with E-state index in [1.807, 2.05) is 38.3 Å². The van der Waals surface area contributed by atoms with E-state index >= 15 is 0 Å². The lowest BCUT2D eigenvalue weighted by atomic mass is 10.1. The van der Waals surface area contributed by atoms with Crippen molar-refractivity contribution in [3.8, 4) is 0 Å². The smallest absolute Gasteiger partial charge is 0.251 e. The summed E-state index contributed by atoms with van der Waals surface area (Å²) in [6, 6.07) is 11.0. The molecule has 128 valence electrons. The molecule has 0 atom stereocenters. The fourth-order valence-electron chi connectivity index (χ4n) is 2.00. The third-order valence-corrected chi connectivity index (χ3v) is 4.00. The summed E-state index contributed by atoms with van der Waals surface area (Å²) in [6.07, 6.45) is 0. The predicted molar refractivity (Wildman–Crippen MR) is 98.3 cm³/mol. The quantitative estimate of drug-likeness (QED) is 0.754. The summed E-state index contributed by atoms with van der Waals surface area (Å²) < 4.78 is 0. The van der Waals surface area contributed by atoms with Crippen LogP contribution in [0.2, 0.25) is 0 Å². The third kappa shape index (κ3) is 6.04. The van der Waals surface area contributed by atoms with Crippen LogP contribution in [0.1, 0.15) is 36.0 Å². The van der Waals surface area contributed by atoms with Gasteiger partial charge in [-0.1, -0.05) is 6.07 Å². The highest BCUT2D eigenvalue weighted by Gasteiger charge is 2.15. The highest BCUT2D eigenvalue weighted by molar-refractivity contribution is 7.09. The van der Waals surface area contributed by atoms with Gasteiger partial charge in [-0.2, -0.15) is 0 Å². The molecule has 0 saturated heterocycles. The molecule has 0 fully saturated rings. The van der Waals surface area contributed by atoms with E-state index in [-0.39, 0.29) is 23.9 Å². The third-order valence-electron chi connectivity index (χ3n) is 3.13. The zero-order valence-corrected chi connectivity index (χ0v) is 15.0. The van der Waals surface area contributed by atoms with Gasteiger partial charge in [0.1, 0.15) is 0 Å². The molecule has 0 aliphatic heterocycles. The molecule has 0 aliphatic rings. The SMILES string of the molecule is CC(C)(C)NC(=O)c1ccc(NCC(=O)NCc2cccs2)cc1. The predicted octanol–water partition coefficient (Wildman–Crippen LogP) is 3.00. The molecule has 0 saturated carbocycles. The van der Waals surface area contributed by atoms with Crippen LogP contribution in [0.3, 0.4) is 0 Å². The first-order valence-electron chi connectivity index (χ1n) is 7.79. The van der Waals surface area contributed by atoms with Gasteiger partial charge in [-0.05, 0) is 56.5 Å². The van der Waals surface area contributed by atoms with Crippen LogP contribution in [0.5, 0.6) is 0 Å². The van der Waals surface area contributed by atoms with Crippen LogP contribution in [-0.4, -0.2) is 23.9 Å². The molecule has 5 nitrogen and oxygen atoms in total. The normalized spacial score (nSPS) is 11.0. The summed E-state index contributed by atoms with van der Waals surface area (Å²) in [7, 11) is 0. The summed E-state index contributed by atoms with van der Waals surface area (Å²) in [5.41, 5.74) is 1.13. The lowest BCUT2D eigenvalue weighted by Gasteiger charge is -2.20. The van der Waals surface area contributed by atoms with E-state index in [0.717, 1.165) is 10.6 Å². The number of anilines is 1. The van der Waals surface area contributed by atoms with Crippen molar-refractivity contribution in [1.82, 2.24) is 10.6 Å². The van der Waals surface area contributed by atoms with Crippen molar-refractivity contribution in [1.29, 1.82) is 0 Å². The van der Waals surface area contributed by atoms with Gasteiger partial charge in [-0.15, -0.1) is 11.3 Å². The van der Waals surface area contributed by atoms with Gasteiger partial charge in [0, 0.05) is 21.7 Å². The Hall–Kier alpha value is -2.34. The molecule has 0 unspecified atom stereocenters. The van der Waals surface area contributed by atoms with Crippen LogP contribution in [0.25, 0.3) is 0 Å². The molecule has 0 spiro atoms. The molecule has 1 heterocycles. The van der Waals surface area contributed by atoms with E-state index in [2.05, 4.69) is 16.0 Å². The standard InChI is InChI=1S/C18H23N3O2S/c1-18(2,3)21-17(23)13-6-8-14(9-7-13)19-12-16(22)20-11-15-5-4-10-24-15/h4-10,19H,11-12H2,1-3H3,(H,20,22)(H,21,23). The number of hydrogen-bond donors (Lipinski definition) is 3. The minimum atomic E-state index is -0.269. The number of amides is 2. The second-order valence-corrected chi connectivity index (χ2v) is 7.52. The Kier molecular flexibility index (Phi) is 5.98. The van der Waals surface area contributed by atoms with Gasteiger partial charge in [-0.3, -0.25) is 9.59 Å². The van der Waals surface area contributed by atoms with Gasteiger partial charge in [-0.25, -0.2) is 0 Å². The van der Waals surface area contributed by atoms with Crippen LogP contribution in [0, 0.1) is 0 Å². The van der Waals surface area contributed by atoms with Crippen LogP contribution < -0.4 is 16.0 Å². The van der Waals surface area contributed by atoms with Gasteiger partial charge in [0.05, 0.1) is 13.1 Å². The van der Waals surface area contributed by atoms with E-state index in [1.165, 1.54) is 0 Å². The molecule has 1 aromatic carbocycles. The molecular weight excluding hydrogens is 322 g/mol. The molecule has 1 aromatic heterocycles. The second kappa shape index (κ2) is 7.97. The van der Waals surface area contributed by atoms with Crippen LogP contribution in [-0.2, 0) is 11.3 Å². The zero-order valence-electron chi connectivity index (χ0n) is 14.2. The van der Waals surface area contributed by atoms with E-state index in [9.17, 15) is 9.59 Å². The lowest BCUT2D eigenvalue weighted by Crippen LogP contribution is -2.40. The summed E-state index contributed by atoms with van der Waals surface area (Å²) in [6.45, 7) is 6.56. The number of rotatable bonds is 6. The first kappa shape index (κ1) is 18.0. The molecule has 6 heteroatoms. The minimum Gasteiger partial charge on any atom is -0.376 e. The van der Waals surface area contributed by atoms with Crippen molar-refractivity contribution in [2.24, 2.45) is 0 Å². The number of benzene rings is 1. The number of carbonyl (C=O) groups is 2. The Balaban J connectivity index is 1.79. The number of hydrogen-bond acceptors (Lipinski definition) is 4. The number of thiophene rings is 1. The van der Waals surface area contributed by atoms with Gasteiger partial charge in [0.15, 0.2) is 0 Å². The Bertz CT molecular complexity index is 673. The molecule has 0 bridgehead atoms. The monoisotopic (exact) mass is 345 g/mol. The highest BCUT2D eigenvalue weighted by Crippen LogP contribution is 2.11. The summed E-state index contributed by atoms with van der Waals surface area (Å²) >= 11 is 1.61. The number of carbonyl (C=O) groups excluding carboxylic acids is 2. The summed E-state index contributed by atoms with van der Waals surface area (Å²) in [5.74, 6) is -0.180. The summed E-state index contributed by atoms with van der Waals surface area (Å²) in [5, 5.41) is 10.8. The minimum absolute atomic E-state index is 0.0713. The zero-order chi connectivity index (χ0) is 17.6. The van der Waals surface area contributed by atoms with Gasteiger partial charge >= 0.3 is 0 Å². The van der Waals surface area contributed by atoms with Crippen molar-refractivity contribution in [2.45, 2.75) is 32.9 Å². The molecule has 3 N–H and O–H groups in total. The van der Waals surface area contributed by atoms with E-state index in [0.29, 0.717) is 12.1 Å². The molecule has 2 aromatic rings.